The van der Waals surface area contributed by atoms with Gasteiger partial charge in [0, 0.05) is 0 Å². The van der Waals surface area contributed by atoms with Crippen LogP contribution in [0.1, 0.15) is 33.3 Å². The summed E-state index contributed by atoms with van der Waals surface area (Å²) in [6.45, 7) is 8.11. The van der Waals surface area contributed by atoms with E-state index in [1.54, 1.807) is 0 Å². The van der Waals surface area contributed by atoms with Gasteiger partial charge in [0.15, 0.2) is 0 Å². The van der Waals surface area contributed by atoms with Crippen LogP contribution in [0.4, 0.5) is 0 Å². The lowest BCUT2D eigenvalue weighted by Gasteiger charge is -2.32. The highest BCUT2D eigenvalue weighted by Crippen LogP contribution is 2.36. The zero-order chi connectivity index (χ0) is 15.3. The van der Waals surface area contributed by atoms with Crippen molar-refractivity contribution < 1.29 is 9.31 Å². The van der Waals surface area contributed by atoms with Crippen molar-refractivity contribution in [1.82, 2.24) is 0 Å². The smallest absolute Gasteiger partial charge is 0.399 e. The van der Waals surface area contributed by atoms with Crippen molar-refractivity contribution in [3.05, 3.63) is 42.0 Å². The molecule has 0 atom stereocenters. The van der Waals surface area contributed by atoms with Gasteiger partial charge in [-0.15, -0.1) is 0 Å². The van der Waals surface area contributed by atoms with E-state index in [1.807, 2.05) is 64.1 Å². The van der Waals surface area contributed by atoms with Gasteiger partial charge in [-0.3, -0.25) is 0 Å². The van der Waals surface area contributed by atoms with Crippen LogP contribution in [0.5, 0.6) is 0 Å². The molecule has 0 bridgehead atoms. The van der Waals surface area contributed by atoms with Gasteiger partial charge in [0.25, 0.3) is 0 Å². The summed E-state index contributed by atoms with van der Waals surface area (Å²) in [5.74, 6) is 0. The standard InChI is InChI=1S/C17H18BNO2/c1-16(2)17(3,4)21-18(20-16)14-9-12-7-5-6-8-15(12)13(10-14)11-19/h5-10H,1-4H3. The third kappa shape index (κ3) is 2.23. The summed E-state index contributed by atoms with van der Waals surface area (Å²) >= 11 is 0. The molecule has 2 aromatic carbocycles. The Morgan fingerprint density at radius 1 is 1.00 bits per heavy atom. The Bertz CT molecular complexity index is 730. The summed E-state index contributed by atoms with van der Waals surface area (Å²) in [4.78, 5) is 0. The van der Waals surface area contributed by atoms with Gasteiger partial charge >= 0.3 is 7.12 Å². The minimum atomic E-state index is -0.438. The first kappa shape index (κ1) is 14.1. The van der Waals surface area contributed by atoms with Crippen molar-refractivity contribution in [3.63, 3.8) is 0 Å². The molecule has 2 aromatic rings. The van der Waals surface area contributed by atoms with Crippen LogP contribution in [-0.2, 0) is 9.31 Å². The van der Waals surface area contributed by atoms with Crippen molar-refractivity contribution in [1.29, 1.82) is 5.26 Å². The maximum absolute atomic E-state index is 9.38. The predicted octanol–water partition coefficient (Wildman–Crippen LogP) is 3.01. The highest BCUT2D eigenvalue weighted by molar-refractivity contribution is 6.62. The molecule has 0 amide bonds. The largest absolute Gasteiger partial charge is 0.494 e. The number of nitriles is 1. The molecule has 0 N–H and O–H groups in total. The fourth-order valence-electron chi connectivity index (χ4n) is 2.54. The number of fused-ring (bicyclic) bond motifs is 1. The van der Waals surface area contributed by atoms with E-state index in [0.717, 1.165) is 16.2 Å². The molecular formula is C17H18BNO2. The Morgan fingerprint density at radius 2 is 1.62 bits per heavy atom. The number of hydrogen-bond acceptors (Lipinski definition) is 3. The molecule has 0 aliphatic carbocycles. The lowest BCUT2D eigenvalue weighted by molar-refractivity contribution is 0.00578. The minimum absolute atomic E-state index is 0.379. The SMILES string of the molecule is CC1(C)OB(c2cc(C#N)c3ccccc3c2)OC1(C)C. The Labute approximate surface area is 125 Å². The molecule has 0 spiro atoms. The van der Waals surface area contributed by atoms with Crippen molar-refractivity contribution in [2.45, 2.75) is 38.9 Å². The van der Waals surface area contributed by atoms with Crippen molar-refractivity contribution >= 4 is 23.4 Å². The fourth-order valence-corrected chi connectivity index (χ4v) is 2.54. The molecule has 0 radical (unpaired) electrons. The lowest BCUT2D eigenvalue weighted by atomic mass is 9.77. The van der Waals surface area contributed by atoms with Gasteiger partial charge < -0.3 is 9.31 Å². The molecule has 3 nitrogen and oxygen atoms in total. The van der Waals surface area contributed by atoms with Crippen molar-refractivity contribution in [2.75, 3.05) is 0 Å². The Morgan fingerprint density at radius 3 is 2.24 bits per heavy atom. The second-order valence-corrected chi connectivity index (χ2v) is 6.49. The summed E-state index contributed by atoms with van der Waals surface area (Å²) in [5.41, 5.74) is 0.786. The Kier molecular flexibility index (Phi) is 3.09. The fraction of sp³-hybridized carbons (Fsp3) is 0.353. The average molecular weight is 279 g/mol. The molecule has 1 heterocycles. The van der Waals surface area contributed by atoms with E-state index in [1.165, 1.54) is 0 Å². The second kappa shape index (κ2) is 4.59. The summed E-state index contributed by atoms with van der Waals surface area (Å²) in [6, 6.07) is 14.0. The predicted molar refractivity (Wildman–Crippen MR) is 84.4 cm³/mol. The zero-order valence-electron chi connectivity index (χ0n) is 12.8. The Balaban J connectivity index is 2.09. The van der Waals surface area contributed by atoms with E-state index >= 15 is 0 Å². The highest BCUT2D eigenvalue weighted by atomic mass is 16.7. The first-order valence-corrected chi connectivity index (χ1v) is 7.12. The van der Waals surface area contributed by atoms with Gasteiger partial charge in [0.1, 0.15) is 0 Å². The number of rotatable bonds is 1. The van der Waals surface area contributed by atoms with Gasteiger partial charge in [-0.25, -0.2) is 0 Å². The summed E-state index contributed by atoms with van der Waals surface area (Å²) in [6.07, 6.45) is 0. The summed E-state index contributed by atoms with van der Waals surface area (Å²) < 4.78 is 12.1. The van der Waals surface area contributed by atoms with E-state index in [-0.39, 0.29) is 11.2 Å². The quantitative estimate of drug-likeness (QED) is 0.753. The van der Waals surface area contributed by atoms with E-state index < -0.39 is 7.12 Å². The van der Waals surface area contributed by atoms with Crippen LogP contribution in [0, 0.1) is 11.3 Å². The molecule has 0 unspecified atom stereocenters. The van der Waals surface area contributed by atoms with Crippen LogP contribution in [-0.4, -0.2) is 18.3 Å². The van der Waals surface area contributed by atoms with Crippen LogP contribution >= 0.6 is 0 Å². The second-order valence-electron chi connectivity index (χ2n) is 6.49. The van der Waals surface area contributed by atoms with E-state index in [4.69, 9.17) is 9.31 Å². The molecule has 21 heavy (non-hydrogen) atoms. The molecular weight excluding hydrogens is 261 g/mol. The average Bonchev–Trinajstić information content (AvgIpc) is 2.66. The van der Waals surface area contributed by atoms with Crippen molar-refractivity contribution in [3.8, 4) is 6.07 Å². The van der Waals surface area contributed by atoms with E-state index in [0.29, 0.717) is 5.56 Å². The number of benzene rings is 2. The molecule has 1 fully saturated rings. The first-order valence-electron chi connectivity index (χ1n) is 7.12. The van der Waals surface area contributed by atoms with Crippen LogP contribution in [0.2, 0.25) is 0 Å². The van der Waals surface area contributed by atoms with Gasteiger partial charge in [-0.2, -0.15) is 5.26 Å². The molecule has 1 saturated heterocycles. The van der Waals surface area contributed by atoms with Gasteiger partial charge in [-0.05, 0) is 50.0 Å². The normalized spacial score (nSPS) is 19.7. The topological polar surface area (TPSA) is 42.2 Å². The third-order valence-electron chi connectivity index (χ3n) is 4.53. The molecule has 1 aliphatic heterocycles. The van der Waals surface area contributed by atoms with E-state index in [9.17, 15) is 5.26 Å². The molecule has 4 heteroatoms. The highest BCUT2D eigenvalue weighted by Gasteiger charge is 2.51. The van der Waals surface area contributed by atoms with E-state index in [2.05, 4.69) is 6.07 Å². The van der Waals surface area contributed by atoms with Gasteiger partial charge in [0.05, 0.1) is 22.8 Å². The number of nitrogens with zero attached hydrogens (tertiary/aromatic N) is 1. The molecule has 3 rings (SSSR count). The van der Waals surface area contributed by atoms with Crippen LogP contribution in [0.3, 0.4) is 0 Å². The first-order chi connectivity index (χ1) is 9.84. The Hall–Kier alpha value is -1.83. The van der Waals surface area contributed by atoms with Crippen LogP contribution < -0.4 is 5.46 Å². The van der Waals surface area contributed by atoms with Crippen LogP contribution in [0.15, 0.2) is 36.4 Å². The molecule has 0 aromatic heterocycles. The minimum Gasteiger partial charge on any atom is -0.399 e. The van der Waals surface area contributed by atoms with Gasteiger partial charge in [-0.1, -0.05) is 30.3 Å². The maximum Gasteiger partial charge on any atom is 0.494 e. The van der Waals surface area contributed by atoms with Crippen molar-refractivity contribution in [2.24, 2.45) is 0 Å². The van der Waals surface area contributed by atoms with Gasteiger partial charge in [0.2, 0.25) is 0 Å². The third-order valence-corrected chi connectivity index (χ3v) is 4.53. The monoisotopic (exact) mass is 279 g/mol. The zero-order valence-corrected chi connectivity index (χ0v) is 12.8. The lowest BCUT2D eigenvalue weighted by Crippen LogP contribution is -2.41. The molecule has 1 aliphatic rings. The molecule has 106 valence electrons. The maximum atomic E-state index is 9.38. The molecule has 0 saturated carbocycles. The summed E-state index contributed by atoms with van der Waals surface area (Å²) in [5, 5.41) is 11.4. The number of hydrogen-bond donors (Lipinski definition) is 0. The summed E-state index contributed by atoms with van der Waals surface area (Å²) in [7, 11) is -0.438. The van der Waals surface area contributed by atoms with Crippen LogP contribution in [0.25, 0.3) is 10.8 Å².